The highest BCUT2D eigenvalue weighted by molar-refractivity contribution is 6.30. The van der Waals surface area contributed by atoms with Crippen LogP contribution in [0.5, 0.6) is 0 Å². The Balaban J connectivity index is 1.90. The largest absolute Gasteiger partial charge is 0.306 e. The van der Waals surface area contributed by atoms with Crippen LogP contribution in [0.2, 0.25) is 5.02 Å². The number of rotatable bonds is 2. The molecule has 1 N–H and O–H groups in total. The minimum absolute atomic E-state index is 0.229. The van der Waals surface area contributed by atoms with E-state index in [0.29, 0.717) is 22.1 Å². The SMILES string of the molecule is Cc1cc(C)c2ccc(NC(=O)c3ccc(Cl)cc3)nc2n1. The number of anilines is 1. The van der Waals surface area contributed by atoms with E-state index in [9.17, 15) is 4.79 Å². The van der Waals surface area contributed by atoms with Crippen LogP contribution in [-0.4, -0.2) is 15.9 Å². The summed E-state index contributed by atoms with van der Waals surface area (Å²) in [5.74, 6) is 0.248. The number of benzene rings is 1. The second-order valence-electron chi connectivity index (χ2n) is 5.11. The predicted octanol–water partition coefficient (Wildman–Crippen LogP) is 4.15. The number of aryl methyl sites for hydroxylation is 2. The van der Waals surface area contributed by atoms with Gasteiger partial charge in [-0.15, -0.1) is 0 Å². The fraction of sp³-hybridized carbons (Fsp3) is 0.118. The molecule has 1 aromatic carbocycles. The smallest absolute Gasteiger partial charge is 0.256 e. The Bertz CT molecular complexity index is 860. The summed E-state index contributed by atoms with van der Waals surface area (Å²) in [6, 6.07) is 12.4. The first kappa shape index (κ1) is 14.5. The average molecular weight is 312 g/mol. The van der Waals surface area contributed by atoms with Crippen molar-refractivity contribution >= 4 is 34.4 Å². The van der Waals surface area contributed by atoms with Gasteiger partial charge >= 0.3 is 0 Å². The first-order valence-electron chi connectivity index (χ1n) is 6.85. The van der Waals surface area contributed by atoms with Crippen LogP contribution in [0.25, 0.3) is 11.0 Å². The van der Waals surface area contributed by atoms with Crippen molar-refractivity contribution in [1.29, 1.82) is 0 Å². The molecule has 0 atom stereocenters. The summed E-state index contributed by atoms with van der Waals surface area (Å²) in [6.07, 6.45) is 0. The molecule has 0 bridgehead atoms. The maximum Gasteiger partial charge on any atom is 0.256 e. The molecular weight excluding hydrogens is 298 g/mol. The van der Waals surface area contributed by atoms with Crippen LogP contribution in [0.4, 0.5) is 5.82 Å². The van der Waals surface area contributed by atoms with E-state index in [1.54, 1.807) is 30.3 Å². The molecule has 5 heteroatoms. The van der Waals surface area contributed by atoms with Crippen molar-refractivity contribution in [3.63, 3.8) is 0 Å². The fourth-order valence-corrected chi connectivity index (χ4v) is 2.42. The second kappa shape index (κ2) is 5.73. The molecule has 2 aromatic heterocycles. The number of carbonyl (C=O) groups excluding carboxylic acids is 1. The summed E-state index contributed by atoms with van der Waals surface area (Å²) in [7, 11) is 0. The molecule has 2 heterocycles. The lowest BCUT2D eigenvalue weighted by Gasteiger charge is -2.07. The number of fused-ring (bicyclic) bond motifs is 1. The molecule has 1 amide bonds. The van der Waals surface area contributed by atoms with Crippen LogP contribution in [0.3, 0.4) is 0 Å². The molecule has 0 aliphatic heterocycles. The summed E-state index contributed by atoms with van der Waals surface area (Å²) in [5, 5.41) is 4.35. The van der Waals surface area contributed by atoms with Gasteiger partial charge in [0.25, 0.3) is 5.91 Å². The van der Waals surface area contributed by atoms with Crippen molar-refractivity contribution in [3.05, 3.63) is 64.3 Å². The van der Waals surface area contributed by atoms with E-state index in [0.717, 1.165) is 16.6 Å². The van der Waals surface area contributed by atoms with Gasteiger partial charge in [0, 0.05) is 21.7 Å². The van der Waals surface area contributed by atoms with Gasteiger partial charge in [-0.2, -0.15) is 0 Å². The van der Waals surface area contributed by atoms with E-state index in [1.807, 2.05) is 26.0 Å². The molecule has 0 aliphatic carbocycles. The zero-order valence-electron chi connectivity index (χ0n) is 12.2. The standard InChI is InChI=1S/C17H14ClN3O/c1-10-9-11(2)19-16-14(10)7-8-15(20-16)21-17(22)12-3-5-13(18)6-4-12/h3-9H,1-2H3,(H,19,20,21,22). The first-order chi connectivity index (χ1) is 10.5. The molecule has 110 valence electrons. The maximum absolute atomic E-state index is 12.2. The number of nitrogens with one attached hydrogen (secondary N) is 1. The molecule has 3 rings (SSSR count). The maximum atomic E-state index is 12.2. The molecule has 0 unspecified atom stereocenters. The number of halogens is 1. The molecule has 22 heavy (non-hydrogen) atoms. The van der Waals surface area contributed by atoms with E-state index >= 15 is 0 Å². The zero-order valence-corrected chi connectivity index (χ0v) is 13.0. The Morgan fingerprint density at radius 3 is 2.50 bits per heavy atom. The highest BCUT2D eigenvalue weighted by atomic mass is 35.5. The summed E-state index contributed by atoms with van der Waals surface area (Å²) in [4.78, 5) is 21.0. The molecule has 0 saturated carbocycles. The Morgan fingerprint density at radius 2 is 1.77 bits per heavy atom. The van der Waals surface area contributed by atoms with Crippen LogP contribution in [-0.2, 0) is 0 Å². The summed E-state index contributed by atoms with van der Waals surface area (Å²) in [6.45, 7) is 3.94. The van der Waals surface area contributed by atoms with Crippen LogP contribution in [0, 0.1) is 13.8 Å². The number of nitrogens with zero attached hydrogens (tertiary/aromatic N) is 2. The average Bonchev–Trinajstić information content (AvgIpc) is 2.47. The third kappa shape index (κ3) is 2.92. The summed E-state index contributed by atoms with van der Waals surface area (Å²) in [5.41, 5.74) is 3.18. The number of carbonyl (C=O) groups is 1. The number of hydrogen-bond acceptors (Lipinski definition) is 3. The van der Waals surface area contributed by atoms with Gasteiger partial charge in [0.15, 0.2) is 5.65 Å². The monoisotopic (exact) mass is 311 g/mol. The second-order valence-corrected chi connectivity index (χ2v) is 5.55. The topological polar surface area (TPSA) is 54.9 Å². The molecule has 0 radical (unpaired) electrons. The molecule has 4 nitrogen and oxygen atoms in total. The van der Waals surface area contributed by atoms with Crippen LogP contribution >= 0.6 is 11.6 Å². The molecule has 0 spiro atoms. The highest BCUT2D eigenvalue weighted by Crippen LogP contribution is 2.19. The molecule has 3 aromatic rings. The number of hydrogen-bond donors (Lipinski definition) is 1. The molecule has 0 saturated heterocycles. The fourth-order valence-electron chi connectivity index (χ4n) is 2.29. The minimum Gasteiger partial charge on any atom is -0.306 e. The Kier molecular flexibility index (Phi) is 3.77. The lowest BCUT2D eigenvalue weighted by atomic mass is 10.1. The lowest BCUT2D eigenvalue weighted by molar-refractivity contribution is 0.102. The number of aromatic nitrogens is 2. The van der Waals surface area contributed by atoms with E-state index in [-0.39, 0.29) is 5.91 Å². The van der Waals surface area contributed by atoms with Crippen molar-refractivity contribution in [3.8, 4) is 0 Å². The van der Waals surface area contributed by atoms with Gasteiger partial charge in [-0.1, -0.05) is 11.6 Å². The van der Waals surface area contributed by atoms with Gasteiger partial charge in [0.2, 0.25) is 0 Å². The van der Waals surface area contributed by atoms with Gasteiger partial charge < -0.3 is 5.32 Å². The molecule has 0 fully saturated rings. The van der Waals surface area contributed by atoms with Gasteiger partial charge in [0.05, 0.1) is 0 Å². The van der Waals surface area contributed by atoms with Crippen molar-refractivity contribution in [1.82, 2.24) is 9.97 Å². The third-order valence-corrected chi connectivity index (χ3v) is 3.61. The summed E-state index contributed by atoms with van der Waals surface area (Å²) >= 11 is 5.82. The number of amides is 1. The Labute approximate surface area is 133 Å². The minimum atomic E-state index is -0.229. The van der Waals surface area contributed by atoms with Crippen molar-refractivity contribution in [2.75, 3.05) is 5.32 Å². The van der Waals surface area contributed by atoms with Gasteiger partial charge in [-0.3, -0.25) is 4.79 Å². The number of pyridine rings is 2. The van der Waals surface area contributed by atoms with Crippen LogP contribution < -0.4 is 5.32 Å². The van der Waals surface area contributed by atoms with Crippen molar-refractivity contribution in [2.24, 2.45) is 0 Å². The van der Waals surface area contributed by atoms with Gasteiger partial charge in [-0.25, -0.2) is 9.97 Å². The normalized spacial score (nSPS) is 10.7. The van der Waals surface area contributed by atoms with Gasteiger partial charge in [-0.05, 0) is 61.9 Å². The summed E-state index contributed by atoms with van der Waals surface area (Å²) < 4.78 is 0. The van der Waals surface area contributed by atoms with Crippen molar-refractivity contribution in [2.45, 2.75) is 13.8 Å². The predicted molar refractivity (Wildman–Crippen MR) is 88.4 cm³/mol. The first-order valence-corrected chi connectivity index (χ1v) is 7.22. The Morgan fingerprint density at radius 1 is 1.05 bits per heavy atom. The van der Waals surface area contributed by atoms with E-state index < -0.39 is 0 Å². The van der Waals surface area contributed by atoms with Gasteiger partial charge in [0.1, 0.15) is 5.82 Å². The highest BCUT2D eigenvalue weighted by Gasteiger charge is 2.08. The lowest BCUT2D eigenvalue weighted by Crippen LogP contribution is -2.13. The van der Waals surface area contributed by atoms with Crippen molar-refractivity contribution < 1.29 is 4.79 Å². The van der Waals surface area contributed by atoms with E-state index in [4.69, 9.17) is 11.6 Å². The van der Waals surface area contributed by atoms with Crippen LogP contribution in [0.1, 0.15) is 21.6 Å². The van der Waals surface area contributed by atoms with E-state index in [2.05, 4.69) is 15.3 Å². The molecular formula is C17H14ClN3O. The third-order valence-electron chi connectivity index (χ3n) is 3.36. The quantitative estimate of drug-likeness (QED) is 0.773. The zero-order chi connectivity index (χ0) is 15.7. The van der Waals surface area contributed by atoms with E-state index in [1.165, 1.54) is 0 Å². The molecule has 0 aliphatic rings. The van der Waals surface area contributed by atoms with Crippen LogP contribution in [0.15, 0.2) is 42.5 Å². The Hall–Kier alpha value is -2.46.